The molecule has 0 aliphatic rings. The summed E-state index contributed by atoms with van der Waals surface area (Å²) in [4.78, 5) is 21.5. The predicted molar refractivity (Wildman–Crippen MR) is 121 cm³/mol. The molecule has 1 amide bonds. The van der Waals surface area contributed by atoms with Gasteiger partial charge in [0.1, 0.15) is 5.01 Å². The molecule has 0 spiro atoms. The topological polar surface area (TPSA) is 73.3 Å². The summed E-state index contributed by atoms with van der Waals surface area (Å²) in [6.45, 7) is 0. The van der Waals surface area contributed by atoms with Gasteiger partial charge in [-0.25, -0.2) is 9.97 Å². The van der Waals surface area contributed by atoms with E-state index in [1.807, 2.05) is 59.3 Å². The molecule has 0 radical (unpaired) electrons. The van der Waals surface area contributed by atoms with E-state index < -0.39 is 0 Å². The highest BCUT2D eigenvalue weighted by molar-refractivity contribution is 7.14. The van der Waals surface area contributed by atoms with Crippen molar-refractivity contribution >= 4 is 33.7 Å². The molecule has 30 heavy (non-hydrogen) atoms. The van der Waals surface area contributed by atoms with Gasteiger partial charge in [-0.15, -0.1) is 22.7 Å². The first-order valence-corrected chi connectivity index (χ1v) is 10.9. The Labute approximate surface area is 182 Å². The summed E-state index contributed by atoms with van der Waals surface area (Å²) in [5.74, 6) is 1.14. The standard InChI is InChI=1S/C22H19N3O3S2/c1-27-18-9-8-15(10-19(18)28-2)17-13-30-22(24-17)25-20(26)11-16-12-29-21(23-16)14-6-4-3-5-7-14/h3-10,12-13H,11H2,1-2H3,(H,24,25,26). The summed E-state index contributed by atoms with van der Waals surface area (Å²) < 4.78 is 10.6. The van der Waals surface area contributed by atoms with Crippen LogP contribution in [0.15, 0.2) is 59.3 Å². The van der Waals surface area contributed by atoms with Crippen molar-refractivity contribution < 1.29 is 14.3 Å². The summed E-state index contributed by atoms with van der Waals surface area (Å²) in [6.07, 6.45) is 0.203. The zero-order valence-electron chi connectivity index (χ0n) is 16.4. The summed E-state index contributed by atoms with van der Waals surface area (Å²) in [7, 11) is 3.19. The van der Waals surface area contributed by atoms with Gasteiger partial charge in [-0.05, 0) is 18.2 Å². The van der Waals surface area contributed by atoms with Gasteiger partial charge in [-0.3, -0.25) is 4.79 Å². The molecule has 4 aromatic rings. The second-order valence-corrected chi connectivity index (χ2v) is 8.06. The second kappa shape index (κ2) is 9.06. The van der Waals surface area contributed by atoms with Crippen LogP contribution in [0.5, 0.6) is 11.5 Å². The third-order valence-corrected chi connectivity index (χ3v) is 6.04. The molecule has 2 aromatic heterocycles. The van der Waals surface area contributed by atoms with Crippen LogP contribution in [0.25, 0.3) is 21.8 Å². The lowest BCUT2D eigenvalue weighted by Crippen LogP contribution is -2.14. The second-order valence-electron chi connectivity index (χ2n) is 6.34. The Bertz CT molecular complexity index is 1160. The molecule has 152 valence electrons. The number of nitrogens with one attached hydrogen (secondary N) is 1. The van der Waals surface area contributed by atoms with Gasteiger partial charge in [-0.2, -0.15) is 0 Å². The Hall–Kier alpha value is -3.23. The first-order chi connectivity index (χ1) is 14.7. The minimum atomic E-state index is -0.145. The van der Waals surface area contributed by atoms with Crippen LogP contribution >= 0.6 is 22.7 Å². The first kappa shape index (κ1) is 20.1. The monoisotopic (exact) mass is 437 g/mol. The van der Waals surface area contributed by atoms with E-state index in [0.29, 0.717) is 16.6 Å². The zero-order valence-corrected chi connectivity index (χ0v) is 18.0. The van der Waals surface area contributed by atoms with Crippen LogP contribution in [0, 0.1) is 0 Å². The Morgan fingerprint density at radius 2 is 1.73 bits per heavy atom. The number of amides is 1. The van der Waals surface area contributed by atoms with E-state index in [9.17, 15) is 4.79 Å². The Balaban J connectivity index is 1.42. The van der Waals surface area contributed by atoms with Gasteiger partial charge >= 0.3 is 0 Å². The maximum absolute atomic E-state index is 12.4. The highest BCUT2D eigenvalue weighted by atomic mass is 32.1. The van der Waals surface area contributed by atoms with Crippen LogP contribution in [0.3, 0.4) is 0 Å². The summed E-state index contributed by atoms with van der Waals surface area (Å²) in [5.41, 5.74) is 3.44. The number of hydrogen-bond acceptors (Lipinski definition) is 7. The highest BCUT2D eigenvalue weighted by Crippen LogP contribution is 2.33. The number of anilines is 1. The van der Waals surface area contributed by atoms with Gasteiger partial charge < -0.3 is 14.8 Å². The molecule has 4 rings (SSSR count). The van der Waals surface area contributed by atoms with E-state index in [2.05, 4.69) is 15.3 Å². The fraction of sp³-hybridized carbons (Fsp3) is 0.136. The predicted octanol–water partition coefficient (Wildman–Crippen LogP) is 5.13. The van der Waals surface area contributed by atoms with Gasteiger partial charge in [0.25, 0.3) is 0 Å². The smallest absolute Gasteiger partial charge is 0.232 e. The maximum Gasteiger partial charge on any atom is 0.232 e. The normalized spacial score (nSPS) is 10.6. The SMILES string of the molecule is COc1ccc(-c2csc(NC(=O)Cc3csc(-c4ccccc4)n3)n2)cc1OC. The van der Waals surface area contributed by atoms with Gasteiger partial charge in [0, 0.05) is 21.9 Å². The van der Waals surface area contributed by atoms with Crippen molar-refractivity contribution in [3.8, 4) is 33.3 Å². The summed E-state index contributed by atoms with van der Waals surface area (Å²) >= 11 is 2.91. The quantitative estimate of drug-likeness (QED) is 0.434. The van der Waals surface area contributed by atoms with Crippen molar-refractivity contribution in [1.29, 1.82) is 0 Å². The average molecular weight is 438 g/mol. The average Bonchev–Trinajstić information content (AvgIpc) is 3.43. The van der Waals surface area contributed by atoms with E-state index in [0.717, 1.165) is 27.5 Å². The van der Waals surface area contributed by atoms with Gasteiger partial charge in [-0.1, -0.05) is 30.3 Å². The van der Waals surface area contributed by atoms with Crippen molar-refractivity contribution in [3.63, 3.8) is 0 Å². The summed E-state index contributed by atoms with van der Waals surface area (Å²) in [5, 5.41) is 8.12. The Morgan fingerprint density at radius 3 is 2.50 bits per heavy atom. The van der Waals surface area contributed by atoms with Crippen molar-refractivity contribution in [1.82, 2.24) is 9.97 Å². The minimum absolute atomic E-state index is 0.145. The lowest BCUT2D eigenvalue weighted by Gasteiger charge is -2.08. The molecule has 0 bridgehead atoms. The lowest BCUT2D eigenvalue weighted by atomic mass is 10.1. The fourth-order valence-corrected chi connectivity index (χ4v) is 4.45. The number of methoxy groups -OCH3 is 2. The molecule has 0 fully saturated rings. The molecule has 2 heterocycles. The fourth-order valence-electron chi connectivity index (χ4n) is 2.89. The molecule has 8 heteroatoms. The minimum Gasteiger partial charge on any atom is -0.493 e. The molecular formula is C22H19N3O3S2. The van der Waals surface area contributed by atoms with Crippen LogP contribution < -0.4 is 14.8 Å². The number of ether oxygens (including phenoxy) is 2. The molecule has 0 unspecified atom stereocenters. The summed E-state index contributed by atoms with van der Waals surface area (Å²) in [6, 6.07) is 15.5. The van der Waals surface area contributed by atoms with Crippen molar-refractivity contribution in [2.24, 2.45) is 0 Å². The number of thiazole rings is 2. The Morgan fingerprint density at radius 1 is 0.933 bits per heavy atom. The van der Waals surface area contributed by atoms with Crippen molar-refractivity contribution in [3.05, 3.63) is 65.0 Å². The molecule has 6 nitrogen and oxygen atoms in total. The van der Waals surface area contributed by atoms with Crippen LogP contribution in [0.1, 0.15) is 5.69 Å². The first-order valence-electron chi connectivity index (χ1n) is 9.14. The number of carbonyl (C=O) groups is 1. The molecule has 1 N–H and O–H groups in total. The van der Waals surface area contributed by atoms with E-state index >= 15 is 0 Å². The number of rotatable bonds is 7. The van der Waals surface area contributed by atoms with E-state index in [-0.39, 0.29) is 12.3 Å². The number of aromatic nitrogens is 2. The van der Waals surface area contributed by atoms with Crippen LogP contribution in [-0.4, -0.2) is 30.1 Å². The van der Waals surface area contributed by atoms with Crippen molar-refractivity contribution in [2.75, 3.05) is 19.5 Å². The van der Waals surface area contributed by atoms with Crippen molar-refractivity contribution in [2.45, 2.75) is 6.42 Å². The number of carbonyl (C=O) groups excluding carboxylic acids is 1. The molecular weight excluding hydrogens is 418 g/mol. The number of nitrogens with zero attached hydrogens (tertiary/aromatic N) is 2. The number of benzene rings is 2. The van der Waals surface area contributed by atoms with Gasteiger partial charge in [0.2, 0.25) is 5.91 Å². The van der Waals surface area contributed by atoms with E-state index in [4.69, 9.17) is 9.47 Å². The van der Waals surface area contributed by atoms with Gasteiger partial charge in [0.15, 0.2) is 16.6 Å². The van der Waals surface area contributed by atoms with E-state index in [1.165, 1.54) is 22.7 Å². The molecule has 0 saturated heterocycles. The Kier molecular flexibility index (Phi) is 6.06. The molecule has 0 aliphatic heterocycles. The molecule has 2 aromatic carbocycles. The maximum atomic E-state index is 12.4. The molecule has 0 saturated carbocycles. The van der Waals surface area contributed by atoms with Crippen LogP contribution in [-0.2, 0) is 11.2 Å². The molecule has 0 atom stereocenters. The van der Waals surface area contributed by atoms with E-state index in [1.54, 1.807) is 14.2 Å². The zero-order chi connectivity index (χ0) is 20.9. The van der Waals surface area contributed by atoms with Crippen LogP contribution in [0.2, 0.25) is 0 Å². The third kappa shape index (κ3) is 4.50. The highest BCUT2D eigenvalue weighted by Gasteiger charge is 2.13. The van der Waals surface area contributed by atoms with Crippen LogP contribution in [0.4, 0.5) is 5.13 Å². The number of hydrogen-bond donors (Lipinski definition) is 1. The third-order valence-electron chi connectivity index (χ3n) is 4.34. The largest absolute Gasteiger partial charge is 0.493 e. The molecule has 0 aliphatic carbocycles. The lowest BCUT2D eigenvalue weighted by molar-refractivity contribution is -0.115. The van der Waals surface area contributed by atoms with Gasteiger partial charge in [0.05, 0.1) is 32.0 Å².